The van der Waals surface area contributed by atoms with Crippen LogP contribution in [0.2, 0.25) is 0 Å². The molecule has 2 N–H and O–H groups in total. The van der Waals surface area contributed by atoms with Gasteiger partial charge in [-0.2, -0.15) is 0 Å². The molecule has 210 valence electrons. The number of ketones is 2. The molecule has 2 aromatic rings. The summed E-state index contributed by atoms with van der Waals surface area (Å²) in [6.45, 7) is 7.55. The number of aromatic nitrogens is 1. The van der Waals surface area contributed by atoms with Gasteiger partial charge in [0.1, 0.15) is 12.4 Å². The van der Waals surface area contributed by atoms with E-state index in [1.807, 2.05) is 44.2 Å². The van der Waals surface area contributed by atoms with Crippen LogP contribution < -0.4 is 10.6 Å². The van der Waals surface area contributed by atoms with Gasteiger partial charge in [-0.25, -0.2) is 4.98 Å². The molecule has 0 radical (unpaired) electrons. The van der Waals surface area contributed by atoms with Crippen LogP contribution in [0.5, 0.6) is 0 Å². The summed E-state index contributed by atoms with van der Waals surface area (Å²) in [5, 5.41) is 5.36. The second-order valence-corrected chi connectivity index (χ2v) is 10.6. The monoisotopic (exact) mass is 539 g/mol. The zero-order chi connectivity index (χ0) is 28.5. The van der Waals surface area contributed by atoms with Crippen molar-refractivity contribution in [1.29, 1.82) is 0 Å². The molecule has 3 rings (SSSR count). The van der Waals surface area contributed by atoms with E-state index in [4.69, 9.17) is 9.15 Å². The van der Waals surface area contributed by atoms with Gasteiger partial charge in [-0.1, -0.05) is 58.0 Å². The number of hydrogen-bond donors (Lipinski definition) is 2. The lowest BCUT2D eigenvalue weighted by Gasteiger charge is -2.27. The fraction of sp³-hybridized carbons (Fsp3) is 0.517. The molecule has 3 atom stereocenters. The molecule has 0 saturated heterocycles. The summed E-state index contributed by atoms with van der Waals surface area (Å²) in [7, 11) is 0. The van der Waals surface area contributed by atoms with Crippen molar-refractivity contribution < 1.29 is 33.1 Å². The number of fused-ring (bicyclic) bond motifs is 1. The molecule has 0 fully saturated rings. The van der Waals surface area contributed by atoms with Crippen LogP contribution in [0.25, 0.3) is 0 Å². The molecule has 2 amide bonds. The predicted molar refractivity (Wildman–Crippen MR) is 141 cm³/mol. The van der Waals surface area contributed by atoms with Gasteiger partial charge in [0.25, 0.3) is 5.91 Å². The van der Waals surface area contributed by atoms with Gasteiger partial charge in [0.05, 0.1) is 24.1 Å². The number of benzene rings is 1. The highest BCUT2D eigenvalue weighted by molar-refractivity contribution is 6.37. The minimum Gasteiger partial charge on any atom is -0.461 e. The lowest BCUT2D eigenvalue weighted by Crippen LogP contribution is -2.49. The molecular formula is C29H37N3O7. The number of Topliss-reactive ketones (excluding diaryl/α,β-unsaturated/α-hetero) is 2. The Bertz CT molecular complexity index is 1170. The molecule has 0 saturated carbocycles. The topological polar surface area (TPSA) is 145 Å². The highest BCUT2D eigenvalue weighted by Crippen LogP contribution is 2.22. The average molecular weight is 540 g/mol. The van der Waals surface area contributed by atoms with E-state index in [1.165, 1.54) is 6.39 Å². The van der Waals surface area contributed by atoms with E-state index in [2.05, 4.69) is 15.6 Å². The molecule has 1 aliphatic rings. The smallest absolute Gasteiger partial charge is 0.306 e. The van der Waals surface area contributed by atoms with Crippen molar-refractivity contribution in [1.82, 2.24) is 15.6 Å². The fourth-order valence-corrected chi connectivity index (χ4v) is 4.57. The Morgan fingerprint density at radius 3 is 2.49 bits per heavy atom. The number of oxazole rings is 1. The number of carbonyl (C=O) groups is 5. The molecule has 1 aliphatic heterocycles. The van der Waals surface area contributed by atoms with Gasteiger partial charge >= 0.3 is 5.97 Å². The van der Waals surface area contributed by atoms with Crippen LogP contribution in [0.4, 0.5) is 0 Å². The van der Waals surface area contributed by atoms with Crippen LogP contribution in [-0.2, 0) is 48.2 Å². The van der Waals surface area contributed by atoms with Crippen molar-refractivity contribution in [2.75, 3.05) is 6.54 Å². The number of amides is 2. The van der Waals surface area contributed by atoms with E-state index in [0.29, 0.717) is 17.9 Å². The highest BCUT2D eigenvalue weighted by atomic mass is 16.5. The van der Waals surface area contributed by atoms with Crippen LogP contribution in [0.1, 0.15) is 57.6 Å². The summed E-state index contributed by atoms with van der Waals surface area (Å²) in [5.74, 6) is -4.34. The summed E-state index contributed by atoms with van der Waals surface area (Å²) >= 11 is 0. The highest BCUT2D eigenvalue weighted by Gasteiger charge is 2.35. The number of nitrogens with zero attached hydrogens (tertiary/aromatic N) is 1. The zero-order valence-electron chi connectivity index (χ0n) is 22.9. The Morgan fingerprint density at radius 1 is 1.10 bits per heavy atom. The lowest BCUT2D eigenvalue weighted by atomic mass is 9.86. The van der Waals surface area contributed by atoms with Gasteiger partial charge in [0.2, 0.25) is 11.7 Å². The maximum Gasteiger partial charge on any atom is 0.306 e. The molecule has 1 aromatic carbocycles. The minimum absolute atomic E-state index is 0.0878. The zero-order valence-corrected chi connectivity index (χ0v) is 22.9. The quantitative estimate of drug-likeness (QED) is 0.327. The minimum atomic E-state index is -0.938. The molecule has 10 heteroatoms. The van der Waals surface area contributed by atoms with E-state index in [-0.39, 0.29) is 50.0 Å². The first-order chi connectivity index (χ1) is 18.6. The number of hydrogen-bond acceptors (Lipinski definition) is 8. The van der Waals surface area contributed by atoms with Gasteiger partial charge in [-0.3, -0.25) is 24.0 Å². The van der Waals surface area contributed by atoms with Crippen molar-refractivity contribution in [2.24, 2.45) is 23.7 Å². The first-order valence-electron chi connectivity index (χ1n) is 13.3. The molecular weight excluding hydrogens is 502 g/mol. The normalized spacial score (nSPS) is 17.3. The summed E-state index contributed by atoms with van der Waals surface area (Å²) in [5.41, 5.74) is 1.38. The van der Waals surface area contributed by atoms with E-state index < -0.39 is 41.4 Å². The maximum atomic E-state index is 13.4. The summed E-state index contributed by atoms with van der Waals surface area (Å²) < 4.78 is 10.7. The van der Waals surface area contributed by atoms with Gasteiger partial charge in [0, 0.05) is 31.7 Å². The van der Waals surface area contributed by atoms with Crippen LogP contribution in [0, 0.1) is 23.7 Å². The SMILES string of the molecule is CC(C)C(CC(=O)OCc1ccccc1)C(=O)NC(C(=O)CC1Cc2ncoc2CCNC(=O)C1=O)C(C)C. The van der Waals surface area contributed by atoms with Gasteiger partial charge in [-0.05, 0) is 17.4 Å². The Labute approximate surface area is 228 Å². The van der Waals surface area contributed by atoms with Crippen LogP contribution in [-0.4, -0.2) is 46.9 Å². The summed E-state index contributed by atoms with van der Waals surface area (Å²) in [6, 6.07) is 8.34. The Balaban J connectivity index is 1.67. The van der Waals surface area contributed by atoms with E-state index in [1.54, 1.807) is 13.8 Å². The molecule has 10 nitrogen and oxygen atoms in total. The standard InChI is InChI=1S/C29H37N3O7/c1-17(2)21(14-25(34)38-15-19-8-6-5-7-9-19)28(36)32-26(18(3)4)23(33)13-20-12-22-24(39-16-31-22)10-11-30-29(37)27(20)35/h5-9,16-18,20-21,26H,10-15H2,1-4H3,(H,30,37)(H,32,36). The Hall–Kier alpha value is -3.82. The van der Waals surface area contributed by atoms with Crippen molar-refractivity contribution in [3.63, 3.8) is 0 Å². The van der Waals surface area contributed by atoms with Crippen LogP contribution >= 0.6 is 0 Å². The third-order valence-corrected chi connectivity index (χ3v) is 6.93. The van der Waals surface area contributed by atoms with Crippen molar-refractivity contribution in [3.05, 3.63) is 53.7 Å². The summed E-state index contributed by atoms with van der Waals surface area (Å²) in [4.78, 5) is 68.6. The molecule has 2 heterocycles. The number of esters is 1. The average Bonchev–Trinajstić information content (AvgIpc) is 3.35. The van der Waals surface area contributed by atoms with Crippen molar-refractivity contribution >= 4 is 29.4 Å². The molecule has 0 bridgehead atoms. The third kappa shape index (κ3) is 8.33. The first-order valence-corrected chi connectivity index (χ1v) is 13.3. The van der Waals surface area contributed by atoms with Crippen molar-refractivity contribution in [2.45, 2.75) is 66.0 Å². The van der Waals surface area contributed by atoms with E-state index in [9.17, 15) is 24.0 Å². The van der Waals surface area contributed by atoms with E-state index >= 15 is 0 Å². The Kier molecular flexibility index (Phi) is 10.5. The molecule has 3 unspecified atom stereocenters. The van der Waals surface area contributed by atoms with Gasteiger partial charge < -0.3 is 19.8 Å². The number of nitrogens with one attached hydrogen (secondary N) is 2. The van der Waals surface area contributed by atoms with Crippen molar-refractivity contribution in [3.8, 4) is 0 Å². The van der Waals surface area contributed by atoms with Crippen LogP contribution in [0.3, 0.4) is 0 Å². The summed E-state index contributed by atoms with van der Waals surface area (Å²) in [6.07, 6.45) is 1.39. The van der Waals surface area contributed by atoms with Crippen LogP contribution in [0.15, 0.2) is 41.1 Å². The molecule has 39 heavy (non-hydrogen) atoms. The number of carbonyl (C=O) groups excluding carboxylic acids is 5. The number of ether oxygens (including phenoxy) is 1. The largest absolute Gasteiger partial charge is 0.461 e. The maximum absolute atomic E-state index is 13.4. The first kappa shape index (κ1) is 29.7. The lowest BCUT2D eigenvalue weighted by molar-refractivity contribution is -0.149. The van der Waals surface area contributed by atoms with E-state index in [0.717, 1.165) is 5.56 Å². The fourth-order valence-electron chi connectivity index (χ4n) is 4.57. The predicted octanol–water partition coefficient (Wildman–Crippen LogP) is 2.58. The number of rotatable bonds is 11. The molecule has 0 spiro atoms. The van der Waals surface area contributed by atoms with Gasteiger partial charge in [-0.15, -0.1) is 0 Å². The third-order valence-electron chi connectivity index (χ3n) is 6.93. The van der Waals surface area contributed by atoms with Gasteiger partial charge in [0.15, 0.2) is 12.2 Å². The molecule has 1 aromatic heterocycles. The Morgan fingerprint density at radius 2 is 1.82 bits per heavy atom. The second-order valence-electron chi connectivity index (χ2n) is 10.6. The molecule has 0 aliphatic carbocycles. The second kappa shape index (κ2) is 13.8.